The maximum atomic E-state index is 9.94. The van der Waals surface area contributed by atoms with Crippen molar-refractivity contribution in [2.24, 2.45) is 0 Å². The molecule has 0 fully saturated rings. The first-order valence-corrected chi connectivity index (χ1v) is 7.00. The number of phenols is 2. The minimum absolute atomic E-state index is 0.143. The fourth-order valence-corrected chi connectivity index (χ4v) is 2.16. The SMILES string of the molecule is CCOc1cc(CNc2ccc(C)c(O)c2C)ccc1O. The first kappa shape index (κ1) is 15.0. The van der Waals surface area contributed by atoms with Crippen LogP contribution in [0.5, 0.6) is 17.2 Å². The summed E-state index contributed by atoms with van der Waals surface area (Å²) in [7, 11) is 0. The zero-order chi connectivity index (χ0) is 15.4. The van der Waals surface area contributed by atoms with Crippen LogP contribution in [0.3, 0.4) is 0 Å². The maximum Gasteiger partial charge on any atom is 0.161 e. The summed E-state index contributed by atoms with van der Waals surface area (Å²) in [5.41, 5.74) is 3.58. The number of rotatable bonds is 5. The molecule has 0 amide bonds. The highest BCUT2D eigenvalue weighted by Crippen LogP contribution is 2.30. The van der Waals surface area contributed by atoms with Crippen LogP contribution in [-0.2, 0) is 6.54 Å². The summed E-state index contributed by atoms with van der Waals surface area (Å²) in [5.74, 6) is 0.950. The second-order valence-corrected chi connectivity index (χ2v) is 4.99. The van der Waals surface area contributed by atoms with Crippen LogP contribution in [0.4, 0.5) is 5.69 Å². The van der Waals surface area contributed by atoms with Gasteiger partial charge in [0.15, 0.2) is 11.5 Å². The summed E-state index contributed by atoms with van der Waals surface area (Å²) in [6.07, 6.45) is 0. The molecule has 0 aromatic heterocycles. The highest BCUT2D eigenvalue weighted by atomic mass is 16.5. The van der Waals surface area contributed by atoms with Gasteiger partial charge in [0.2, 0.25) is 0 Å². The average molecular weight is 287 g/mol. The van der Waals surface area contributed by atoms with Gasteiger partial charge in [-0.25, -0.2) is 0 Å². The number of aromatic hydroxyl groups is 2. The van der Waals surface area contributed by atoms with Crippen LogP contribution in [0.1, 0.15) is 23.6 Å². The van der Waals surface area contributed by atoms with Crippen molar-refractivity contribution >= 4 is 5.69 Å². The van der Waals surface area contributed by atoms with Crippen LogP contribution < -0.4 is 10.1 Å². The lowest BCUT2D eigenvalue weighted by atomic mass is 10.1. The molecule has 2 aromatic rings. The summed E-state index contributed by atoms with van der Waals surface area (Å²) in [6.45, 7) is 6.73. The Morgan fingerprint density at radius 2 is 1.86 bits per heavy atom. The quantitative estimate of drug-likeness (QED) is 0.784. The number of anilines is 1. The van der Waals surface area contributed by atoms with Gasteiger partial charge < -0.3 is 20.3 Å². The molecule has 0 bridgehead atoms. The molecule has 3 N–H and O–H groups in total. The van der Waals surface area contributed by atoms with Gasteiger partial charge in [0.1, 0.15) is 5.75 Å². The van der Waals surface area contributed by atoms with Gasteiger partial charge in [0.25, 0.3) is 0 Å². The first-order valence-electron chi connectivity index (χ1n) is 7.00. The van der Waals surface area contributed by atoms with Crippen molar-refractivity contribution in [2.45, 2.75) is 27.3 Å². The fourth-order valence-electron chi connectivity index (χ4n) is 2.16. The molecule has 2 rings (SSSR count). The summed E-state index contributed by atoms with van der Waals surface area (Å²) in [4.78, 5) is 0. The normalized spacial score (nSPS) is 10.4. The molecule has 0 heterocycles. The molecule has 0 unspecified atom stereocenters. The van der Waals surface area contributed by atoms with E-state index in [1.54, 1.807) is 6.07 Å². The van der Waals surface area contributed by atoms with Crippen molar-refractivity contribution in [3.63, 3.8) is 0 Å². The number of ether oxygens (including phenoxy) is 1. The molecule has 0 aliphatic heterocycles. The standard InChI is InChI=1S/C17H21NO3/c1-4-21-16-9-13(6-8-15(16)19)10-18-14-7-5-11(2)17(20)12(14)3/h5-9,18-20H,4,10H2,1-3H3. The molecule has 0 saturated carbocycles. The van der Waals surface area contributed by atoms with E-state index in [1.165, 1.54) is 0 Å². The Bertz CT molecular complexity index is 638. The van der Waals surface area contributed by atoms with Gasteiger partial charge in [0, 0.05) is 17.8 Å². The van der Waals surface area contributed by atoms with Crippen molar-refractivity contribution in [1.29, 1.82) is 0 Å². The lowest BCUT2D eigenvalue weighted by molar-refractivity contribution is 0.318. The van der Waals surface area contributed by atoms with Crippen LogP contribution in [0, 0.1) is 13.8 Å². The molecule has 112 valence electrons. The Hall–Kier alpha value is -2.36. The summed E-state index contributed by atoms with van der Waals surface area (Å²) < 4.78 is 5.37. The van der Waals surface area contributed by atoms with E-state index in [2.05, 4.69) is 5.32 Å². The Morgan fingerprint density at radius 1 is 1.10 bits per heavy atom. The third-order valence-corrected chi connectivity index (χ3v) is 3.44. The largest absolute Gasteiger partial charge is 0.507 e. The van der Waals surface area contributed by atoms with Crippen molar-refractivity contribution < 1.29 is 14.9 Å². The van der Waals surface area contributed by atoms with E-state index in [9.17, 15) is 10.2 Å². The Labute approximate surface area is 125 Å². The van der Waals surface area contributed by atoms with Crippen LogP contribution >= 0.6 is 0 Å². The lowest BCUT2D eigenvalue weighted by Gasteiger charge is -2.13. The molecule has 4 nitrogen and oxygen atoms in total. The third-order valence-electron chi connectivity index (χ3n) is 3.44. The van der Waals surface area contributed by atoms with E-state index in [4.69, 9.17) is 4.74 Å². The third kappa shape index (κ3) is 3.40. The van der Waals surface area contributed by atoms with Crippen LogP contribution in [-0.4, -0.2) is 16.8 Å². The number of hydrogen-bond acceptors (Lipinski definition) is 4. The number of hydrogen-bond donors (Lipinski definition) is 3. The summed E-state index contributed by atoms with van der Waals surface area (Å²) >= 11 is 0. The van der Waals surface area contributed by atoms with Crippen LogP contribution in [0.2, 0.25) is 0 Å². The number of nitrogens with one attached hydrogen (secondary N) is 1. The monoisotopic (exact) mass is 287 g/mol. The minimum Gasteiger partial charge on any atom is -0.507 e. The van der Waals surface area contributed by atoms with E-state index >= 15 is 0 Å². The highest BCUT2D eigenvalue weighted by molar-refractivity contribution is 5.59. The van der Waals surface area contributed by atoms with Crippen LogP contribution in [0.25, 0.3) is 0 Å². The highest BCUT2D eigenvalue weighted by Gasteiger charge is 2.07. The van der Waals surface area contributed by atoms with E-state index in [1.807, 2.05) is 45.0 Å². The van der Waals surface area contributed by atoms with E-state index in [0.717, 1.165) is 22.4 Å². The number of phenolic OH excluding ortho intramolecular Hbond substituents is 2. The van der Waals surface area contributed by atoms with Crippen molar-refractivity contribution in [2.75, 3.05) is 11.9 Å². The predicted molar refractivity (Wildman–Crippen MR) is 84.2 cm³/mol. The molecular weight excluding hydrogens is 266 g/mol. The van der Waals surface area contributed by atoms with Gasteiger partial charge in [-0.3, -0.25) is 0 Å². The minimum atomic E-state index is 0.143. The van der Waals surface area contributed by atoms with Crippen LogP contribution in [0.15, 0.2) is 30.3 Å². The second kappa shape index (κ2) is 6.39. The predicted octanol–water partition coefficient (Wildman–Crippen LogP) is 3.73. The molecule has 0 aliphatic carbocycles. The summed E-state index contributed by atoms with van der Waals surface area (Å²) in [5, 5.41) is 22.9. The topological polar surface area (TPSA) is 61.7 Å². The Morgan fingerprint density at radius 3 is 2.57 bits per heavy atom. The molecule has 0 aliphatic rings. The molecule has 2 aromatic carbocycles. The van der Waals surface area contributed by atoms with E-state index in [0.29, 0.717) is 24.7 Å². The van der Waals surface area contributed by atoms with Gasteiger partial charge in [-0.1, -0.05) is 12.1 Å². The number of benzene rings is 2. The Kier molecular flexibility index (Phi) is 4.58. The zero-order valence-electron chi connectivity index (χ0n) is 12.6. The Balaban J connectivity index is 2.13. The van der Waals surface area contributed by atoms with E-state index < -0.39 is 0 Å². The van der Waals surface area contributed by atoms with Gasteiger partial charge in [-0.15, -0.1) is 0 Å². The van der Waals surface area contributed by atoms with Gasteiger partial charge in [-0.05, 0) is 50.1 Å². The molecule has 21 heavy (non-hydrogen) atoms. The van der Waals surface area contributed by atoms with Gasteiger partial charge >= 0.3 is 0 Å². The molecule has 0 spiro atoms. The number of aryl methyl sites for hydroxylation is 1. The fraction of sp³-hybridized carbons (Fsp3) is 0.294. The smallest absolute Gasteiger partial charge is 0.161 e. The van der Waals surface area contributed by atoms with Crippen molar-refractivity contribution in [3.8, 4) is 17.2 Å². The second-order valence-electron chi connectivity index (χ2n) is 4.99. The molecule has 0 saturated heterocycles. The zero-order valence-corrected chi connectivity index (χ0v) is 12.6. The van der Waals surface area contributed by atoms with Crippen molar-refractivity contribution in [1.82, 2.24) is 0 Å². The molecular formula is C17H21NO3. The maximum absolute atomic E-state index is 9.94. The van der Waals surface area contributed by atoms with E-state index in [-0.39, 0.29) is 5.75 Å². The van der Waals surface area contributed by atoms with Gasteiger partial charge in [-0.2, -0.15) is 0 Å². The summed E-state index contributed by atoms with van der Waals surface area (Å²) in [6, 6.07) is 9.12. The lowest BCUT2D eigenvalue weighted by Crippen LogP contribution is -2.02. The van der Waals surface area contributed by atoms with Gasteiger partial charge in [0.05, 0.1) is 6.61 Å². The first-order chi connectivity index (χ1) is 10.0. The molecule has 0 radical (unpaired) electrons. The molecule has 0 atom stereocenters. The van der Waals surface area contributed by atoms with Crippen molar-refractivity contribution in [3.05, 3.63) is 47.0 Å². The molecule has 4 heteroatoms. The average Bonchev–Trinajstić information content (AvgIpc) is 2.47.